The average molecular weight is 340 g/mol. The Bertz CT molecular complexity index is 728. The lowest BCUT2D eigenvalue weighted by Crippen LogP contribution is -2.39. The highest BCUT2D eigenvalue weighted by molar-refractivity contribution is 8.26. The summed E-state index contributed by atoms with van der Waals surface area (Å²) in [6, 6.07) is 3.30. The molecule has 1 unspecified atom stereocenters. The molecule has 3 rings (SSSR count). The van der Waals surface area contributed by atoms with E-state index in [-0.39, 0.29) is 23.5 Å². The van der Waals surface area contributed by atoms with E-state index in [0.29, 0.717) is 15.6 Å². The topological polar surface area (TPSA) is 67.3 Å². The molecule has 110 valence electrons. The fourth-order valence-electron chi connectivity index (χ4n) is 2.39. The molecule has 0 saturated carbocycles. The van der Waals surface area contributed by atoms with Gasteiger partial charge in [-0.2, -0.15) is 0 Å². The number of hydrogen-bond donors (Lipinski definition) is 0. The largest absolute Gasteiger partial charge is 0.289 e. The van der Waals surface area contributed by atoms with Crippen LogP contribution in [0.2, 0.25) is 0 Å². The molecule has 21 heavy (non-hydrogen) atoms. The molecule has 1 atom stereocenters. The normalized spacial score (nSPS) is 26.8. The van der Waals surface area contributed by atoms with Crippen LogP contribution in [-0.2, 0) is 14.6 Å². The number of amides is 1. The quantitative estimate of drug-likeness (QED) is 0.600. The van der Waals surface area contributed by atoms with Gasteiger partial charge in [0.25, 0.3) is 5.91 Å². The second-order valence-corrected chi connectivity index (χ2v) is 8.80. The average Bonchev–Trinajstić information content (AvgIpc) is 2.91. The van der Waals surface area contributed by atoms with Gasteiger partial charge in [-0.3, -0.25) is 14.7 Å². The number of aromatic nitrogens is 1. The van der Waals surface area contributed by atoms with Crippen molar-refractivity contribution in [2.75, 3.05) is 11.5 Å². The van der Waals surface area contributed by atoms with E-state index in [4.69, 9.17) is 12.2 Å². The zero-order chi connectivity index (χ0) is 15.0. The van der Waals surface area contributed by atoms with Crippen LogP contribution in [0.4, 0.5) is 0 Å². The first-order valence-corrected chi connectivity index (χ1v) is 9.38. The summed E-state index contributed by atoms with van der Waals surface area (Å²) in [7, 11) is -3.05. The number of thioether (sulfide) groups is 1. The second-order valence-electron chi connectivity index (χ2n) is 4.89. The van der Waals surface area contributed by atoms with E-state index in [9.17, 15) is 13.2 Å². The molecule has 3 heterocycles. The molecule has 8 heteroatoms. The van der Waals surface area contributed by atoms with Crippen molar-refractivity contribution in [1.82, 2.24) is 9.88 Å². The molecule has 5 nitrogen and oxygen atoms in total. The van der Waals surface area contributed by atoms with E-state index in [1.165, 1.54) is 16.7 Å². The van der Waals surface area contributed by atoms with E-state index in [2.05, 4.69) is 4.98 Å². The molecule has 0 aromatic carbocycles. The first kappa shape index (κ1) is 14.7. The maximum atomic E-state index is 12.5. The highest BCUT2D eigenvalue weighted by Gasteiger charge is 2.41. The molecule has 0 N–H and O–H groups in total. The van der Waals surface area contributed by atoms with Crippen molar-refractivity contribution in [3.05, 3.63) is 35.0 Å². The highest BCUT2D eigenvalue weighted by atomic mass is 32.2. The van der Waals surface area contributed by atoms with Crippen molar-refractivity contribution in [3.8, 4) is 0 Å². The van der Waals surface area contributed by atoms with Crippen molar-refractivity contribution in [3.63, 3.8) is 0 Å². The molecule has 2 saturated heterocycles. The fourth-order valence-corrected chi connectivity index (χ4v) is 5.49. The standard InChI is InChI=1S/C13H12N2O3S3/c16-12-11(6-9-2-1-4-14-7-9)20-13(19)15(12)10-3-5-21(17,18)8-10/h1-2,4,6-7,10H,3,5,8H2. The maximum Gasteiger partial charge on any atom is 0.266 e. The van der Waals surface area contributed by atoms with Gasteiger partial charge in [0.2, 0.25) is 0 Å². The SMILES string of the molecule is O=C1C(=Cc2cccnc2)SC(=S)N1C1CCS(=O)(=O)C1. The molecule has 0 bridgehead atoms. The van der Waals surface area contributed by atoms with Crippen LogP contribution in [0.1, 0.15) is 12.0 Å². The molecular weight excluding hydrogens is 328 g/mol. The maximum absolute atomic E-state index is 12.5. The number of nitrogens with zero attached hydrogens (tertiary/aromatic N) is 2. The molecule has 1 amide bonds. The summed E-state index contributed by atoms with van der Waals surface area (Å²) in [6.45, 7) is 0. The van der Waals surface area contributed by atoms with Gasteiger partial charge in [0, 0.05) is 12.4 Å². The molecule has 2 fully saturated rings. The number of rotatable bonds is 2. The first-order valence-electron chi connectivity index (χ1n) is 6.34. The van der Waals surface area contributed by atoms with Gasteiger partial charge in [-0.25, -0.2) is 8.42 Å². The van der Waals surface area contributed by atoms with Gasteiger partial charge >= 0.3 is 0 Å². The molecular formula is C13H12N2O3S3. The van der Waals surface area contributed by atoms with Crippen LogP contribution in [0.25, 0.3) is 6.08 Å². The van der Waals surface area contributed by atoms with Crippen molar-refractivity contribution in [1.29, 1.82) is 0 Å². The van der Waals surface area contributed by atoms with Crippen LogP contribution in [0.5, 0.6) is 0 Å². The molecule has 2 aliphatic rings. The van der Waals surface area contributed by atoms with E-state index in [1.807, 2.05) is 6.07 Å². The number of thiocarbonyl (C=S) groups is 1. The molecule has 1 aromatic heterocycles. The van der Waals surface area contributed by atoms with Gasteiger partial charge < -0.3 is 0 Å². The number of hydrogen-bond acceptors (Lipinski definition) is 6. The molecule has 0 spiro atoms. The van der Waals surface area contributed by atoms with Crippen molar-refractivity contribution in [2.45, 2.75) is 12.5 Å². The molecule has 1 aromatic rings. The smallest absolute Gasteiger partial charge is 0.266 e. The van der Waals surface area contributed by atoms with E-state index < -0.39 is 9.84 Å². The Balaban J connectivity index is 1.85. The summed E-state index contributed by atoms with van der Waals surface area (Å²) >= 11 is 6.45. The predicted octanol–water partition coefficient (Wildman–Crippen LogP) is 1.47. The van der Waals surface area contributed by atoms with Crippen LogP contribution in [0.3, 0.4) is 0 Å². The van der Waals surface area contributed by atoms with Gasteiger partial charge in [-0.1, -0.05) is 30.0 Å². The number of pyridine rings is 1. The van der Waals surface area contributed by atoms with E-state index >= 15 is 0 Å². The summed E-state index contributed by atoms with van der Waals surface area (Å²) < 4.78 is 23.6. The monoisotopic (exact) mass is 340 g/mol. The van der Waals surface area contributed by atoms with Crippen molar-refractivity contribution >= 4 is 50.1 Å². The van der Waals surface area contributed by atoms with E-state index in [1.54, 1.807) is 24.5 Å². The minimum Gasteiger partial charge on any atom is -0.289 e. The third-order valence-corrected chi connectivity index (χ3v) is 6.46. The van der Waals surface area contributed by atoms with Gasteiger partial charge in [-0.05, 0) is 24.1 Å². The number of sulfone groups is 1. The van der Waals surface area contributed by atoms with Crippen LogP contribution in [0, 0.1) is 0 Å². The second kappa shape index (κ2) is 5.51. The first-order chi connectivity index (χ1) is 9.96. The summed E-state index contributed by atoms with van der Waals surface area (Å²) in [5.74, 6) is -0.0911. The Morgan fingerprint density at radius 2 is 2.29 bits per heavy atom. The van der Waals surface area contributed by atoms with E-state index in [0.717, 1.165) is 5.56 Å². The third kappa shape index (κ3) is 3.02. The van der Waals surface area contributed by atoms with Gasteiger partial charge in [-0.15, -0.1) is 0 Å². The zero-order valence-electron chi connectivity index (χ0n) is 10.9. The summed E-state index contributed by atoms with van der Waals surface area (Å²) in [4.78, 5) is 18.4. The van der Waals surface area contributed by atoms with Gasteiger partial charge in [0.15, 0.2) is 9.84 Å². The van der Waals surface area contributed by atoms with Crippen LogP contribution >= 0.6 is 24.0 Å². The van der Waals surface area contributed by atoms with Crippen molar-refractivity contribution < 1.29 is 13.2 Å². The third-order valence-electron chi connectivity index (χ3n) is 3.38. The summed E-state index contributed by atoms with van der Waals surface area (Å²) in [6.07, 6.45) is 5.50. The van der Waals surface area contributed by atoms with Crippen LogP contribution < -0.4 is 0 Å². The Morgan fingerprint density at radius 3 is 2.90 bits per heavy atom. The molecule has 0 radical (unpaired) electrons. The fraction of sp³-hybridized carbons (Fsp3) is 0.308. The lowest BCUT2D eigenvalue weighted by atomic mass is 10.2. The lowest BCUT2D eigenvalue weighted by molar-refractivity contribution is -0.123. The number of carbonyl (C=O) groups is 1. The zero-order valence-corrected chi connectivity index (χ0v) is 13.4. The Hall–Kier alpha value is -1.25. The Labute approximate surface area is 132 Å². The number of carbonyl (C=O) groups excluding carboxylic acids is 1. The van der Waals surface area contributed by atoms with Crippen LogP contribution in [0.15, 0.2) is 29.4 Å². The molecule has 0 aliphatic carbocycles. The van der Waals surface area contributed by atoms with Crippen LogP contribution in [-0.4, -0.2) is 46.1 Å². The van der Waals surface area contributed by atoms with Gasteiger partial charge in [0.05, 0.1) is 22.5 Å². The highest BCUT2D eigenvalue weighted by Crippen LogP contribution is 2.36. The predicted molar refractivity (Wildman–Crippen MR) is 86.3 cm³/mol. The lowest BCUT2D eigenvalue weighted by Gasteiger charge is -2.20. The minimum absolute atomic E-state index is 0.000384. The van der Waals surface area contributed by atoms with Crippen molar-refractivity contribution in [2.24, 2.45) is 0 Å². The Morgan fingerprint density at radius 1 is 1.48 bits per heavy atom. The Kier molecular flexibility index (Phi) is 3.85. The van der Waals surface area contributed by atoms with Gasteiger partial charge in [0.1, 0.15) is 4.32 Å². The minimum atomic E-state index is -3.05. The summed E-state index contributed by atoms with van der Waals surface area (Å²) in [5, 5.41) is 0. The molecule has 2 aliphatic heterocycles. The summed E-state index contributed by atoms with van der Waals surface area (Å²) in [5.41, 5.74) is 0.817.